The molecule has 0 aliphatic carbocycles. The zero-order chi connectivity index (χ0) is 28.2. The van der Waals surface area contributed by atoms with Crippen LogP contribution in [0.3, 0.4) is 0 Å². The fraction of sp³-hybridized carbons (Fsp3) is 0.556. The molecule has 5 heterocycles. The Balaban J connectivity index is 1.33. The maximum absolute atomic E-state index is 13.5. The number of hydrogen-bond acceptors (Lipinski definition) is 9. The second kappa shape index (κ2) is 12.8. The van der Waals surface area contributed by atoms with E-state index < -0.39 is 0 Å². The van der Waals surface area contributed by atoms with Gasteiger partial charge in [0.2, 0.25) is 0 Å². The minimum Gasteiger partial charge on any atom is -0.395 e. The molecule has 0 atom stereocenters. The molecule has 0 bridgehead atoms. The van der Waals surface area contributed by atoms with Gasteiger partial charge in [-0.15, -0.1) is 11.3 Å². The molecule has 5 rings (SSSR count). The van der Waals surface area contributed by atoms with E-state index in [2.05, 4.69) is 39.2 Å². The molecule has 11 nitrogen and oxygen atoms in total. The van der Waals surface area contributed by atoms with Crippen molar-refractivity contribution in [1.82, 2.24) is 35.0 Å². The number of aliphatic hydroxyl groups is 1. The van der Waals surface area contributed by atoms with Gasteiger partial charge in [-0.3, -0.25) is 19.2 Å². The van der Waals surface area contributed by atoms with E-state index in [1.807, 2.05) is 6.07 Å². The summed E-state index contributed by atoms with van der Waals surface area (Å²) in [6.45, 7) is 9.54. The Morgan fingerprint density at radius 1 is 1.15 bits per heavy atom. The van der Waals surface area contributed by atoms with Crippen molar-refractivity contribution in [2.24, 2.45) is 0 Å². The van der Waals surface area contributed by atoms with E-state index >= 15 is 0 Å². The number of carbonyl (C=O) groups is 2. The summed E-state index contributed by atoms with van der Waals surface area (Å²) in [6, 6.07) is 7.59. The Kier molecular flexibility index (Phi) is 9.21. The lowest BCUT2D eigenvalue weighted by molar-refractivity contribution is 0.0608. The topological polar surface area (TPSA) is 120 Å². The number of halogens is 1. The van der Waals surface area contributed by atoms with Gasteiger partial charge in [0.1, 0.15) is 11.4 Å². The third-order valence-electron chi connectivity index (χ3n) is 7.59. The number of thiophene rings is 1. The van der Waals surface area contributed by atoms with E-state index in [1.165, 1.54) is 16.0 Å². The molecule has 0 aromatic carbocycles. The number of nitrogens with one attached hydrogen (secondary N) is 1. The maximum Gasteiger partial charge on any atom is 0.274 e. The third kappa shape index (κ3) is 6.74. The Bertz CT molecular complexity index is 1310. The monoisotopic (exact) mass is 589 g/mol. The van der Waals surface area contributed by atoms with Gasteiger partial charge in [-0.05, 0) is 38.8 Å². The zero-order valence-corrected chi connectivity index (χ0v) is 24.5. The third-order valence-corrected chi connectivity index (χ3v) is 8.83. The van der Waals surface area contributed by atoms with Crippen molar-refractivity contribution in [2.45, 2.75) is 45.3 Å². The summed E-state index contributed by atoms with van der Waals surface area (Å²) in [4.78, 5) is 34.0. The van der Waals surface area contributed by atoms with Crippen LogP contribution in [0.2, 0.25) is 4.34 Å². The highest BCUT2D eigenvalue weighted by Crippen LogP contribution is 2.31. The molecule has 2 aliphatic heterocycles. The van der Waals surface area contributed by atoms with Crippen molar-refractivity contribution >= 4 is 34.8 Å². The summed E-state index contributed by atoms with van der Waals surface area (Å²) in [6.07, 6.45) is 1.75. The van der Waals surface area contributed by atoms with E-state index in [-0.39, 0.29) is 36.7 Å². The highest BCUT2D eigenvalue weighted by molar-refractivity contribution is 7.19. The predicted octanol–water partition coefficient (Wildman–Crippen LogP) is 2.65. The lowest BCUT2D eigenvalue weighted by atomic mass is 10.0. The van der Waals surface area contributed by atoms with Crippen molar-refractivity contribution in [3.05, 3.63) is 45.7 Å². The number of hydrogen-bond donors (Lipinski definition) is 2. The highest BCUT2D eigenvalue weighted by atomic mass is 35.5. The molecule has 216 valence electrons. The van der Waals surface area contributed by atoms with Crippen molar-refractivity contribution in [3.63, 3.8) is 0 Å². The van der Waals surface area contributed by atoms with E-state index in [4.69, 9.17) is 16.1 Å². The Hall–Kier alpha value is -2.77. The average Bonchev–Trinajstić information content (AvgIpc) is 3.69. The fourth-order valence-electron chi connectivity index (χ4n) is 5.22. The van der Waals surface area contributed by atoms with Crippen LogP contribution in [0.25, 0.3) is 10.6 Å². The van der Waals surface area contributed by atoms with Gasteiger partial charge in [0.15, 0.2) is 11.5 Å². The molecule has 3 aromatic rings. The van der Waals surface area contributed by atoms with Gasteiger partial charge in [-0.2, -0.15) is 5.10 Å². The molecule has 3 aromatic heterocycles. The van der Waals surface area contributed by atoms with E-state index in [0.29, 0.717) is 60.3 Å². The number of likely N-dealkylation sites (tertiary alicyclic amines) is 1. The molecule has 13 heteroatoms. The number of piperidine rings is 1. The number of piperazine rings is 1. The standard InChI is InChI=1S/C27H36ClN7O4S/c1-18(2)33-7-5-19(6-8-33)29-26(37)22-16-21(27(38)34-11-9-32(10-12-34)13-14-36)30-35(22)17-20-15-23(39-31-20)24-3-4-25(28)40-24/h3-4,15-16,18-19,36H,5-14,17H2,1-2H3,(H,29,37). The predicted molar refractivity (Wildman–Crippen MR) is 153 cm³/mol. The van der Waals surface area contributed by atoms with Crippen LogP contribution in [0.5, 0.6) is 0 Å². The molecule has 0 unspecified atom stereocenters. The van der Waals surface area contributed by atoms with Crippen LogP contribution in [0, 0.1) is 0 Å². The van der Waals surface area contributed by atoms with Gasteiger partial charge >= 0.3 is 0 Å². The molecule has 2 fully saturated rings. The van der Waals surface area contributed by atoms with Crippen LogP contribution in [-0.4, -0.2) is 111 Å². The van der Waals surface area contributed by atoms with Crippen molar-refractivity contribution in [2.75, 3.05) is 52.4 Å². The summed E-state index contributed by atoms with van der Waals surface area (Å²) in [5.74, 6) is 0.117. The second-order valence-electron chi connectivity index (χ2n) is 10.6. The fourth-order valence-corrected chi connectivity index (χ4v) is 6.22. The van der Waals surface area contributed by atoms with Crippen LogP contribution < -0.4 is 5.32 Å². The van der Waals surface area contributed by atoms with Crippen molar-refractivity contribution < 1.29 is 19.2 Å². The largest absolute Gasteiger partial charge is 0.395 e. The Morgan fingerprint density at radius 3 is 2.55 bits per heavy atom. The molecule has 2 amide bonds. The van der Waals surface area contributed by atoms with Gasteiger partial charge in [-0.25, -0.2) is 0 Å². The van der Waals surface area contributed by atoms with Crippen LogP contribution in [-0.2, 0) is 6.54 Å². The summed E-state index contributed by atoms with van der Waals surface area (Å²) in [5, 5.41) is 21.1. The van der Waals surface area contributed by atoms with Gasteiger partial charge in [-0.1, -0.05) is 16.8 Å². The first-order chi connectivity index (χ1) is 19.3. The first-order valence-corrected chi connectivity index (χ1v) is 15.0. The first-order valence-electron chi connectivity index (χ1n) is 13.8. The number of aliphatic hydroxyl groups excluding tert-OH is 1. The minimum absolute atomic E-state index is 0.0619. The highest BCUT2D eigenvalue weighted by Gasteiger charge is 2.28. The van der Waals surface area contributed by atoms with Crippen LogP contribution >= 0.6 is 22.9 Å². The SMILES string of the molecule is CC(C)N1CCC(NC(=O)c2cc(C(=O)N3CCN(CCO)CC3)nn2Cc2cc(-c3ccc(Cl)s3)on2)CC1. The molecular weight excluding hydrogens is 554 g/mol. The van der Waals surface area contributed by atoms with E-state index in [1.54, 1.807) is 23.1 Å². The van der Waals surface area contributed by atoms with E-state index in [9.17, 15) is 14.7 Å². The summed E-state index contributed by atoms with van der Waals surface area (Å²) < 4.78 is 7.71. The number of amides is 2. The normalized spacial score (nSPS) is 17.6. The molecule has 0 saturated carbocycles. The Labute approximate surface area is 242 Å². The summed E-state index contributed by atoms with van der Waals surface area (Å²) in [7, 11) is 0. The molecular formula is C27H36ClN7O4S. The Morgan fingerprint density at radius 2 is 1.90 bits per heavy atom. The molecule has 2 saturated heterocycles. The lowest BCUT2D eigenvalue weighted by Gasteiger charge is -2.34. The van der Waals surface area contributed by atoms with Crippen LogP contribution in [0.15, 0.2) is 28.8 Å². The van der Waals surface area contributed by atoms with Crippen molar-refractivity contribution in [1.29, 1.82) is 0 Å². The van der Waals surface area contributed by atoms with Gasteiger partial charge < -0.3 is 24.7 Å². The first kappa shape index (κ1) is 28.7. The van der Waals surface area contributed by atoms with Crippen LogP contribution in [0.4, 0.5) is 0 Å². The number of rotatable bonds is 9. The van der Waals surface area contributed by atoms with Gasteiger partial charge in [0, 0.05) is 70.0 Å². The zero-order valence-electron chi connectivity index (χ0n) is 22.9. The number of aromatic nitrogens is 3. The summed E-state index contributed by atoms with van der Waals surface area (Å²) in [5.41, 5.74) is 1.12. The van der Waals surface area contributed by atoms with E-state index in [0.717, 1.165) is 30.8 Å². The molecule has 2 N–H and O–H groups in total. The maximum atomic E-state index is 13.5. The number of β-amino-alcohol motifs (C(OH)–C–C–N with tert-alkyl or cyclic N) is 1. The lowest BCUT2D eigenvalue weighted by Crippen LogP contribution is -2.49. The minimum atomic E-state index is -0.254. The number of nitrogens with zero attached hydrogens (tertiary/aromatic N) is 6. The summed E-state index contributed by atoms with van der Waals surface area (Å²) >= 11 is 7.46. The van der Waals surface area contributed by atoms with Crippen LogP contribution in [0.1, 0.15) is 53.4 Å². The second-order valence-corrected chi connectivity index (χ2v) is 12.3. The molecule has 0 spiro atoms. The molecule has 2 aliphatic rings. The van der Waals surface area contributed by atoms with Gasteiger partial charge in [0.05, 0.1) is 22.4 Å². The smallest absolute Gasteiger partial charge is 0.274 e. The quantitative estimate of drug-likeness (QED) is 0.391. The van der Waals surface area contributed by atoms with Crippen molar-refractivity contribution in [3.8, 4) is 10.6 Å². The number of carbonyl (C=O) groups excluding carboxylic acids is 2. The average molecular weight is 590 g/mol. The molecule has 40 heavy (non-hydrogen) atoms. The molecule has 0 radical (unpaired) electrons. The van der Waals surface area contributed by atoms with Gasteiger partial charge in [0.25, 0.3) is 11.8 Å².